The number of hydrogen-bond acceptors (Lipinski definition) is 17. The highest BCUT2D eigenvalue weighted by Crippen LogP contribution is 2.22. The Morgan fingerprint density at radius 2 is 1.30 bits per heavy atom. The molecule has 3 aromatic carbocycles. The molecule has 0 bridgehead atoms. The molecule has 2 aliphatic heterocycles. The maximum Gasteiger partial charge on any atom is 0.331 e. The maximum atomic E-state index is 14.3. The predicted octanol–water partition coefficient (Wildman–Crippen LogP) is -4.15. The van der Waals surface area contributed by atoms with Crippen LogP contribution in [0.5, 0.6) is 11.5 Å². The van der Waals surface area contributed by atoms with E-state index in [4.69, 9.17) is 15.2 Å². The van der Waals surface area contributed by atoms with Crippen LogP contribution in [0.2, 0.25) is 0 Å². The Labute approximate surface area is 396 Å². The minimum absolute atomic E-state index is 0.0202. The van der Waals surface area contributed by atoms with Crippen molar-refractivity contribution in [2.75, 3.05) is 26.3 Å². The molecule has 2 saturated heterocycles. The molecule has 0 unspecified atom stereocenters. The molecule has 14 N–H and O–H groups in total. The van der Waals surface area contributed by atoms with Crippen molar-refractivity contribution < 1.29 is 78.8 Å². The third-order valence-electron chi connectivity index (χ3n) is 11.5. The van der Waals surface area contributed by atoms with Gasteiger partial charge in [0.1, 0.15) is 66.7 Å². The Balaban J connectivity index is 1.21. The summed E-state index contributed by atoms with van der Waals surface area (Å²) in [5, 5.41) is 81.5. The molecule has 2 aliphatic rings. The number of rotatable bonds is 21. The molecule has 374 valence electrons. The number of ether oxygens (including phenoxy) is 2. The monoisotopic (exact) mass is 965 g/mol. The second-order valence-corrected chi connectivity index (χ2v) is 16.8. The molecule has 0 saturated carbocycles. The largest absolute Gasteiger partial charge is 0.508 e. The topological polar surface area (TPSA) is 369 Å². The van der Waals surface area contributed by atoms with Crippen LogP contribution < -0.4 is 32.3 Å². The summed E-state index contributed by atoms with van der Waals surface area (Å²) in [7, 11) is 0. The quantitative estimate of drug-likeness (QED) is 0.0451. The van der Waals surface area contributed by atoms with Crippen molar-refractivity contribution in [2.45, 2.75) is 106 Å². The van der Waals surface area contributed by atoms with Crippen molar-refractivity contribution in [2.24, 2.45) is 5.73 Å². The van der Waals surface area contributed by atoms with Crippen LogP contribution in [-0.2, 0) is 62.3 Å². The molecule has 11 atom stereocenters. The van der Waals surface area contributed by atoms with Crippen LogP contribution in [0.15, 0.2) is 78.9 Å². The number of esters is 1. The molecule has 3 aromatic rings. The van der Waals surface area contributed by atoms with E-state index in [2.05, 4.69) is 26.6 Å². The minimum Gasteiger partial charge on any atom is -0.508 e. The first-order valence-corrected chi connectivity index (χ1v) is 22.1. The molecular formula is C46H59N7O16. The SMILES string of the molecule is C[C@@H](NC(=O)[C@@H](N)Cc1ccc(O)cc1)C(=O)N[C@@H](Cc1ccccc1)C(=O)NCC(=O)N[C@@H](Cc1ccc(O)cc1)C(=O)N1CCC[C@H]1C(=O)N[C@@H](CO)C(=O)OC[C@H]1O[C@H](O)[C@H](O)[C@@H](O)[C@@H]1O. The first-order valence-electron chi connectivity index (χ1n) is 22.1. The Bertz CT molecular complexity index is 2240. The number of aromatic hydroxyl groups is 2. The van der Waals surface area contributed by atoms with Gasteiger partial charge in [0.15, 0.2) is 12.3 Å². The van der Waals surface area contributed by atoms with Gasteiger partial charge in [-0.15, -0.1) is 0 Å². The van der Waals surface area contributed by atoms with E-state index in [9.17, 15) is 69.3 Å². The fourth-order valence-corrected chi connectivity index (χ4v) is 7.61. The van der Waals surface area contributed by atoms with Crippen LogP contribution in [0.1, 0.15) is 36.5 Å². The zero-order valence-corrected chi connectivity index (χ0v) is 37.5. The van der Waals surface area contributed by atoms with Gasteiger partial charge in [0.2, 0.25) is 35.4 Å². The van der Waals surface area contributed by atoms with E-state index >= 15 is 0 Å². The number of nitrogens with one attached hydrogen (secondary N) is 5. The Morgan fingerprint density at radius 1 is 0.710 bits per heavy atom. The van der Waals surface area contributed by atoms with Gasteiger partial charge in [0.05, 0.1) is 19.2 Å². The van der Waals surface area contributed by atoms with E-state index < -0.39 is 128 Å². The van der Waals surface area contributed by atoms with E-state index in [0.717, 1.165) is 0 Å². The van der Waals surface area contributed by atoms with E-state index in [0.29, 0.717) is 23.1 Å². The molecule has 0 aliphatic carbocycles. The fourth-order valence-electron chi connectivity index (χ4n) is 7.61. The van der Waals surface area contributed by atoms with Gasteiger partial charge in [-0.05, 0) is 67.1 Å². The molecular weight excluding hydrogens is 907 g/mol. The van der Waals surface area contributed by atoms with Crippen molar-refractivity contribution >= 4 is 41.4 Å². The fraction of sp³-hybridized carbons (Fsp3) is 0.457. The van der Waals surface area contributed by atoms with Gasteiger partial charge in [-0.2, -0.15) is 0 Å². The Kier molecular flexibility index (Phi) is 19.3. The molecule has 0 aromatic heterocycles. The average molecular weight is 966 g/mol. The van der Waals surface area contributed by atoms with Crippen molar-refractivity contribution in [1.82, 2.24) is 31.5 Å². The van der Waals surface area contributed by atoms with Crippen LogP contribution in [0.25, 0.3) is 0 Å². The lowest BCUT2D eigenvalue weighted by Gasteiger charge is -2.38. The summed E-state index contributed by atoms with van der Waals surface area (Å²) in [5.41, 5.74) is 7.89. The number of benzene rings is 3. The second-order valence-electron chi connectivity index (χ2n) is 16.8. The standard InChI is InChI=1S/C46H59N7O16/c1-24(49-41(62)30(47)18-26-9-13-28(55)14-10-26)40(61)51-31(19-25-6-3-2-4-7-25)42(63)48-21-36(57)50-32(20-27-11-15-29(56)16-12-27)44(65)53-17-5-8-34(53)43(64)52-33(22-54)45(66)68-23-35-37(58)38(59)39(60)46(67)69-35/h2-4,6-7,9-16,24,30-35,37-39,46,54-56,58-60,67H,5,8,17-23,47H2,1H3,(H,48,63)(H,49,62)(H,50,57)(H,51,61)(H,52,64)/t24-,30+,31+,32+,33+,34+,35-,37-,38+,39-,46+/m1/s1. The van der Waals surface area contributed by atoms with Crippen LogP contribution >= 0.6 is 0 Å². The van der Waals surface area contributed by atoms with Gasteiger partial charge >= 0.3 is 5.97 Å². The van der Waals surface area contributed by atoms with Crippen molar-refractivity contribution in [3.63, 3.8) is 0 Å². The summed E-state index contributed by atoms with van der Waals surface area (Å²) < 4.78 is 10.0. The molecule has 0 radical (unpaired) electrons. The molecule has 23 heteroatoms. The third kappa shape index (κ3) is 15.1. The highest BCUT2D eigenvalue weighted by atomic mass is 16.7. The summed E-state index contributed by atoms with van der Waals surface area (Å²) in [6.07, 6.45) is -8.41. The van der Waals surface area contributed by atoms with E-state index in [1.807, 2.05) is 0 Å². The number of phenolic OH excluding ortho intramolecular Hbond substituents is 2. The van der Waals surface area contributed by atoms with Gasteiger partial charge in [-0.25, -0.2) is 4.79 Å². The van der Waals surface area contributed by atoms with Crippen molar-refractivity contribution in [3.8, 4) is 11.5 Å². The van der Waals surface area contributed by atoms with Crippen molar-refractivity contribution in [1.29, 1.82) is 0 Å². The zero-order chi connectivity index (χ0) is 50.4. The van der Waals surface area contributed by atoms with Gasteiger partial charge in [-0.3, -0.25) is 28.8 Å². The number of amides is 6. The number of aliphatic hydroxyl groups excluding tert-OH is 5. The Morgan fingerprint density at radius 3 is 1.93 bits per heavy atom. The molecule has 5 rings (SSSR count). The van der Waals surface area contributed by atoms with Gasteiger partial charge in [0, 0.05) is 19.4 Å². The Hall–Kier alpha value is -6.73. The highest BCUT2D eigenvalue weighted by molar-refractivity contribution is 5.96. The van der Waals surface area contributed by atoms with E-state index in [1.54, 1.807) is 42.5 Å². The summed E-state index contributed by atoms with van der Waals surface area (Å²) >= 11 is 0. The van der Waals surface area contributed by atoms with E-state index in [-0.39, 0.29) is 43.7 Å². The van der Waals surface area contributed by atoms with E-state index in [1.165, 1.54) is 48.2 Å². The van der Waals surface area contributed by atoms with Crippen LogP contribution in [0, 0.1) is 0 Å². The molecule has 6 amide bonds. The number of carbonyl (C=O) groups is 7. The minimum atomic E-state index is -1.90. The summed E-state index contributed by atoms with van der Waals surface area (Å²) in [6.45, 7) is -0.940. The molecule has 23 nitrogen and oxygen atoms in total. The number of hydrogen-bond donors (Lipinski definition) is 13. The normalized spacial score (nSPS) is 22.2. The first-order chi connectivity index (χ1) is 32.8. The number of nitrogens with two attached hydrogens (primary N) is 1. The summed E-state index contributed by atoms with van der Waals surface area (Å²) in [6, 6.07) is 12.9. The van der Waals surface area contributed by atoms with Gasteiger partial charge < -0.3 is 82.4 Å². The third-order valence-corrected chi connectivity index (χ3v) is 11.5. The number of phenols is 2. The lowest BCUT2D eigenvalue weighted by atomic mass is 9.99. The van der Waals surface area contributed by atoms with Crippen LogP contribution in [-0.4, -0.2) is 175 Å². The second kappa shape index (κ2) is 25.0. The number of likely N-dealkylation sites (tertiary alicyclic amines) is 1. The molecule has 2 fully saturated rings. The number of nitrogens with zero attached hydrogens (tertiary/aromatic N) is 1. The predicted molar refractivity (Wildman–Crippen MR) is 240 cm³/mol. The molecule has 69 heavy (non-hydrogen) atoms. The average Bonchev–Trinajstić information content (AvgIpc) is 3.84. The number of aliphatic hydroxyl groups is 5. The van der Waals surface area contributed by atoms with Crippen LogP contribution in [0.4, 0.5) is 0 Å². The smallest absolute Gasteiger partial charge is 0.331 e. The highest BCUT2D eigenvalue weighted by Gasteiger charge is 2.44. The maximum absolute atomic E-state index is 14.3. The first kappa shape index (κ1) is 53.2. The van der Waals surface area contributed by atoms with Crippen molar-refractivity contribution in [3.05, 3.63) is 95.6 Å². The van der Waals surface area contributed by atoms with Crippen LogP contribution in [0.3, 0.4) is 0 Å². The van der Waals surface area contributed by atoms with Gasteiger partial charge in [-0.1, -0.05) is 54.6 Å². The number of carbonyl (C=O) groups excluding carboxylic acids is 7. The lowest BCUT2D eigenvalue weighted by molar-refractivity contribution is -0.287. The molecule has 0 spiro atoms. The lowest BCUT2D eigenvalue weighted by Crippen LogP contribution is -2.59. The summed E-state index contributed by atoms with van der Waals surface area (Å²) in [4.78, 5) is 95.5. The zero-order valence-electron chi connectivity index (χ0n) is 37.5. The summed E-state index contributed by atoms with van der Waals surface area (Å²) in [5.74, 6) is -5.80. The van der Waals surface area contributed by atoms with Gasteiger partial charge in [0.25, 0.3) is 0 Å². The molecule has 2 heterocycles.